The summed E-state index contributed by atoms with van der Waals surface area (Å²) < 4.78 is 5.30. The van der Waals surface area contributed by atoms with Crippen molar-refractivity contribution in [1.29, 1.82) is 0 Å². The second-order valence-electron chi connectivity index (χ2n) is 2.54. The van der Waals surface area contributed by atoms with Gasteiger partial charge in [-0.15, -0.1) is 0 Å². The molecule has 0 N–H and O–H groups in total. The van der Waals surface area contributed by atoms with Crippen molar-refractivity contribution in [3.05, 3.63) is 22.9 Å². The summed E-state index contributed by atoms with van der Waals surface area (Å²) in [5, 5.41) is 1.20. The van der Waals surface area contributed by atoms with Gasteiger partial charge in [0.1, 0.15) is 6.54 Å². The average Bonchev–Trinajstić information content (AvgIpc) is 2.03. The van der Waals surface area contributed by atoms with Gasteiger partial charge in [0.25, 0.3) is 0 Å². The smallest absolute Gasteiger partial charge is 0.188 e. The molecule has 0 atom stereocenters. The molecule has 0 bridgehead atoms. The molecule has 0 saturated carbocycles. The van der Waals surface area contributed by atoms with E-state index in [4.69, 9.17) is 28.6 Å². The highest BCUT2D eigenvalue weighted by Crippen LogP contribution is 2.21. The Morgan fingerprint density at radius 1 is 1.58 bits per heavy atom. The minimum absolute atomic E-state index is 0.494. The van der Waals surface area contributed by atoms with Crippen LogP contribution in [0.25, 0.3) is 0 Å². The van der Waals surface area contributed by atoms with E-state index < -0.39 is 0 Å². The molecule has 0 aromatic heterocycles. The molecule has 62 valence electrons. The first-order chi connectivity index (χ1) is 5.75. The van der Waals surface area contributed by atoms with Crippen molar-refractivity contribution in [3.63, 3.8) is 0 Å². The number of hydrogen-bond donors (Lipinski definition) is 0. The molecular formula is C8H6ClNOS. The fourth-order valence-corrected chi connectivity index (χ4v) is 1.44. The molecule has 4 heteroatoms. The molecule has 0 amide bonds. The lowest BCUT2D eigenvalue weighted by Gasteiger charge is -2.19. The van der Waals surface area contributed by atoms with Crippen LogP contribution in [-0.2, 0) is 4.74 Å². The second-order valence-corrected chi connectivity index (χ2v) is 3.43. The van der Waals surface area contributed by atoms with Crippen LogP contribution in [0.5, 0.6) is 0 Å². The van der Waals surface area contributed by atoms with Crippen LogP contribution in [0.15, 0.2) is 27.9 Å². The first-order valence-electron chi connectivity index (χ1n) is 3.57. The molecule has 2 rings (SSSR count). The molecule has 0 unspecified atom stereocenters. The van der Waals surface area contributed by atoms with Crippen molar-refractivity contribution in [2.75, 3.05) is 6.54 Å². The van der Waals surface area contributed by atoms with Gasteiger partial charge in [-0.05, 0) is 12.2 Å². The Hall–Kier alpha value is -0.670. The fraction of sp³-hybridized carbons (Fsp3) is 0.250. The molecule has 1 aliphatic heterocycles. The Morgan fingerprint density at radius 2 is 2.42 bits per heavy atom. The van der Waals surface area contributed by atoms with Crippen LogP contribution in [-0.4, -0.2) is 17.3 Å². The predicted molar refractivity (Wildman–Crippen MR) is 52.6 cm³/mol. The predicted octanol–water partition coefficient (Wildman–Crippen LogP) is 2.20. The van der Waals surface area contributed by atoms with E-state index in [1.165, 1.54) is 0 Å². The molecule has 0 saturated heterocycles. The summed E-state index contributed by atoms with van der Waals surface area (Å²) in [6.45, 7) is 0.494. The summed E-state index contributed by atoms with van der Waals surface area (Å²) >= 11 is 10.7. The van der Waals surface area contributed by atoms with E-state index in [0.717, 1.165) is 12.1 Å². The summed E-state index contributed by atoms with van der Waals surface area (Å²) in [4.78, 5) is 4.25. The van der Waals surface area contributed by atoms with Crippen LogP contribution in [0.4, 0.5) is 0 Å². The van der Waals surface area contributed by atoms with E-state index in [0.29, 0.717) is 22.4 Å². The molecule has 2 aliphatic rings. The van der Waals surface area contributed by atoms with Gasteiger partial charge in [0, 0.05) is 17.5 Å². The van der Waals surface area contributed by atoms with Crippen LogP contribution < -0.4 is 0 Å². The summed E-state index contributed by atoms with van der Waals surface area (Å²) in [6, 6.07) is 0. The normalized spacial score (nSPS) is 21.8. The summed E-state index contributed by atoms with van der Waals surface area (Å²) in [6.07, 6.45) is 4.39. The number of fused-ring (bicyclic) bond motifs is 1. The molecule has 0 fully saturated rings. The van der Waals surface area contributed by atoms with Gasteiger partial charge < -0.3 is 4.74 Å². The molecular weight excluding hydrogens is 194 g/mol. The zero-order chi connectivity index (χ0) is 8.55. The Labute approximate surface area is 80.6 Å². The monoisotopic (exact) mass is 199 g/mol. The highest BCUT2D eigenvalue weighted by Gasteiger charge is 2.18. The summed E-state index contributed by atoms with van der Waals surface area (Å²) in [7, 11) is 0. The Balaban J connectivity index is 2.35. The SMILES string of the molecule is S=C1CN=C2CC=C(Cl)C=C2O1. The molecule has 12 heavy (non-hydrogen) atoms. The quantitative estimate of drug-likeness (QED) is 0.558. The maximum atomic E-state index is 5.79. The maximum Gasteiger partial charge on any atom is 0.188 e. The molecule has 1 aliphatic carbocycles. The molecule has 0 aromatic rings. The number of allylic oxidation sites excluding steroid dienone is 4. The first kappa shape index (κ1) is 7.95. The lowest BCUT2D eigenvalue weighted by Crippen LogP contribution is -2.20. The second kappa shape index (κ2) is 2.99. The van der Waals surface area contributed by atoms with Gasteiger partial charge in [-0.2, -0.15) is 0 Å². The van der Waals surface area contributed by atoms with Gasteiger partial charge in [0.05, 0.1) is 5.71 Å². The van der Waals surface area contributed by atoms with E-state index in [9.17, 15) is 0 Å². The molecule has 0 spiro atoms. The summed E-state index contributed by atoms with van der Waals surface area (Å²) in [5.41, 5.74) is 0.938. The standard InChI is InChI=1S/C8H6ClNOS/c9-5-1-2-6-7(3-5)11-8(12)4-10-6/h1,3H,2,4H2. The largest absolute Gasteiger partial charge is 0.446 e. The summed E-state index contributed by atoms with van der Waals surface area (Å²) in [5.74, 6) is 0.707. The first-order valence-corrected chi connectivity index (χ1v) is 4.36. The minimum atomic E-state index is 0.494. The number of nitrogens with zero attached hydrogens (tertiary/aromatic N) is 1. The van der Waals surface area contributed by atoms with Crippen LogP contribution in [0, 0.1) is 0 Å². The molecule has 1 heterocycles. The van der Waals surface area contributed by atoms with Crippen LogP contribution in [0.3, 0.4) is 0 Å². The topological polar surface area (TPSA) is 21.6 Å². The molecule has 2 nitrogen and oxygen atoms in total. The van der Waals surface area contributed by atoms with Gasteiger partial charge in [0.15, 0.2) is 10.8 Å². The number of halogens is 1. The van der Waals surface area contributed by atoms with E-state index >= 15 is 0 Å². The van der Waals surface area contributed by atoms with Crippen molar-refractivity contribution >= 4 is 34.6 Å². The highest BCUT2D eigenvalue weighted by atomic mass is 35.5. The third-order valence-electron chi connectivity index (χ3n) is 1.67. The Bertz CT molecular complexity index is 330. The van der Waals surface area contributed by atoms with Crippen molar-refractivity contribution in [1.82, 2.24) is 0 Å². The maximum absolute atomic E-state index is 5.79. The Kier molecular flexibility index (Phi) is 1.98. The molecule has 0 aromatic carbocycles. The highest BCUT2D eigenvalue weighted by molar-refractivity contribution is 7.80. The number of aliphatic imine (C=N–C) groups is 1. The van der Waals surface area contributed by atoms with Gasteiger partial charge >= 0.3 is 0 Å². The zero-order valence-corrected chi connectivity index (χ0v) is 7.78. The van der Waals surface area contributed by atoms with Crippen molar-refractivity contribution < 1.29 is 4.74 Å². The fourth-order valence-electron chi connectivity index (χ4n) is 1.11. The lowest BCUT2D eigenvalue weighted by molar-refractivity contribution is 0.438. The third kappa shape index (κ3) is 1.42. The number of ether oxygens (including phenoxy) is 1. The number of rotatable bonds is 0. The van der Waals surface area contributed by atoms with Crippen LogP contribution in [0.2, 0.25) is 0 Å². The van der Waals surface area contributed by atoms with Gasteiger partial charge in [-0.3, -0.25) is 4.99 Å². The third-order valence-corrected chi connectivity index (χ3v) is 2.14. The average molecular weight is 200 g/mol. The van der Waals surface area contributed by atoms with Crippen molar-refractivity contribution in [2.45, 2.75) is 6.42 Å². The van der Waals surface area contributed by atoms with Gasteiger partial charge in [-0.25, -0.2) is 0 Å². The van der Waals surface area contributed by atoms with E-state index in [-0.39, 0.29) is 0 Å². The van der Waals surface area contributed by atoms with E-state index in [1.807, 2.05) is 6.08 Å². The van der Waals surface area contributed by atoms with Crippen LogP contribution >= 0.6 is 23.8 Å². The minimum Gasteiger partial charge on any atom is -0.446 e. The van der Waals surface area contributed by atoms with Crippen molar-refractivity contribution in [2.24, 2.45) is 4.99 Å². The van der Waals surface area contributed by atoms with Gasteiger partial charge in [-0.1, -0.05) is 17.7 Å². The van der Waals surface area contributed by atoms with Crippen molar-refractivity contribution in [3.8, 4) is 0 Å². The molecule has 0 radical (unpaired) electrons. The zero-order valence-electron chi connectivity index (χ0n) is 6.21. The van der Waals surface area contributed by atoms with Crippen LogP contribution in [0.1, 0.15) is 6.42 Å². The number of thiocarbonyl (C=S) groups is 1. The lowest BCUT2D eigenvalue weighted by atomic mass is 10.1. The van der Waals surface area contributed by atoms with E-state index in [2.05, 4.69) is 4.99 Å². The van der Waals surface area contributed by atoms with E-state index in [1.54, 1.807) is 6.08 Å². The Morgan fingerprint density at radius 3 is 3.25 bits per heavy atom. The number of hydrogen-bond acceptors (Lipinski definition) is 3. The van der Waals surface area contributed by atoms with Gasteiger partial charge in [0.2, 0.25) is 0 Å².